The number of thiocarbonyl (C=S) groups is 1. The molecule has 138 valence electrons. The molecule has 0 spiro atoms. The zero-order chi connectivity index (χ0) is 18.6. The van der Waals surface area contributed by atoms with Crippen LogP contribution in [0.5, 0.6) is 0 Å². The maximum Gasteiger partial charge on any atom is 0.417 e. The summed E-state index contributed by atoms with van der Waals surface area (Å²) in [5.74, 6) is -0.256. The molecular formula is C15H18F3N3O2S2. The first kappa shape index (κ1) is 19.9. The smallest absolute Gasteiger partial charge is 0.372 e. The highest BCUT2D eigenvalue weighted by Crippen LogP contribution is 2.28. The minimum atomic E-state index is -4.45. The molecule has 1 aromatic rings. The van der Waals surface area contributed by atoms with Crippen LogP contribution in [0.25, 0.3) is 0 Å². The summed E-state index contributed by atoms with van der Waals surface area (Å²) in [6.07, 6.45) is -3.64. The number of halogens is 3. The zero-order valence-electron chi connectivity index (χ0n) is 13.7. The third-order valence-corrected chi connectivity index (χ3v) is 4.89. The fraction of sp³-hybridized carbons (Fsp3) is 0.533. The predicted molar refractivity (Wildman–Crippen MR) is 94.5 cm³/mol. The second-order valence-electron chi connectivity index (χ2n) is 5.69. The van der Waals surface area contributed by atoms with Crippen molar-refractivity contribution in [2.75, 3.05) is 24.2 Å². The summed E-state index contributed by atoms with van der Waals surface area (Å²) in [7, 11) is 0. The van der Waals surface area contributed by atoms with Crippen LogP contribution in [-0.2, 0) is 15.7 Å². The average Bonchev–Trinajstić information content (AvgIpc) is 2.51. The van der Waals surface area contributed by atoms with Gasteiger partial charge in [-0.05, 0) is 26.0 Å². The summed E-state index contributed by atoms with van der Waals surface area (Å²) in [5, 5.41) is 2.46. The van der Waals surface area contributed by atoms with Crippen LogP contribution in [0.3, 0.4) is 0 Å². The Morgan fingerprint density at radius 2 is 2.04 bits per heavy atom. The average molecular weight is 393 g/mol. The molecule has 2 rings (SSSR count). The molecule has 0 unspecified atom stereocenters. The predicted octanol–water partition coefficient (Wildman–Crippen LogP) is 3.17. The quantitative estimate of drug-likeness (QED) is 0.797. The number of hydrogen-bond acceptors (Lipinski definition) is 5. The van der Waals surface area contributed by atoms with E-state index in [1.807, 2.05) is 18.7 Å². The van der Waals surface area contributed by atoms with E-state index in [0.29, 0.717) is 23.6 Å². The second-order valence-corrected chi connectivity index (χ2v) is 7.30. The van der Waals surface area contributed by atoms with Gasteiger partial charge in [0.1, 0.15) is 10.1 Å². The molecule has 25 heavy (non-hydrogen) atoms. The molecule has 0 radical (unpaired) electrons. The van der Waals surface area contributed by atoms with Crippen LogP contribution in [-0.4, -0.2) is 51.2 Å². The number of nitrogens with one attached hydrogen (secondary N) is 1. The van der Waals surface area contributed by atoms with Crippen molar-refractivity contribution in [1.29, 1.82) is 0 Å². The highest BCUT2D eigenvalue weighted by molar-refractivity contribution is 8.23. The van der Waals surface area contributed by atoms with Gasteiger partial charge >= 0.3 is 6.18 Å². The monoisotopic (exact) mass is 393 g/mol. The van der Waals surface area contributed by atoms with Crippen molar-refractivity contribution in [2.45, 2.75) is 32.2 Å². The van der Waals surface area contributed by atoms with Crippen LogP contribution in [0.2, 0.25) is 0 Å². The lowest BCUT2D eigenvalue weighted by molar-refractivity contribution is -0.137. The van der Waals surface area contributed by atoms with Gasteiger partial charge in [0.2, 0.25) is 5.91 Å². The van der Waals surface area contributed by atoms with Gasteiger partial charge in [-0.25, -0.2) is 4.98 Å². The van der Waals surface area contributed by atoms with E-state index < -0.39 is 11.7 Å². The molecule has 1 aliphatic rings. The number of ether oxygens (including phenoxy) is 1. The number of alkyl halides is 3. The Morgan fingerprint density at radius 3 is 2.56 bits per heavy atom. The number of hydrogen-bond donors (Lipinski definition) is 1. The summed E-state index contributed by atoms with van der Waals surface area (Å²) >= 11 is 6.54. The standard InChI is InChI=1S/C15H18F3N3O2S2/c1-9-6-21(7-10(2)23-9)14(24)25-8-13(22)20-12-4-3-11(5-19-12)15(16,17)18/h3-5,9-10H,6-8H2,1-2H3,(H,19,20,22)/t9-,10+. The largest absolute Gasteiger partial charge is 0.417 e. The number of rotatable bonds is 3. The first-order chi connectivity index (χ1) is 11.6. The van der Waals surface area contributed by atoms with Gasteiger partial charge in [-0.3, -0.25) is 4.79 Å². The van der Waals surface area contributed by atoms with Crippen LogP contribution >= 0.6 is 24.0 Å². The van der Waals surface area contributed by atoms with E-state index in [-0.39, 0.29) is 29.7 Å². The lowest BCUT2D eigenvalue weighted by Crippen LogP contribution is -2.47. The van der Waals surface area contributed by atoms with Crippen molar-refractivity contribution in [3.63, 3.8) is 0 Å². The van der Waals surface area contributed by atoms with Gasteiger partial charge in [-0.2, -0.15) is 13.2 Å². The normalized spacial score (nSPS) is 21.1. The zero-order valence-corrected chi connectivity index (χ0v) is 15.3. The summed E-state index contributed by atoms with van der Waals surface area (Å²) in [6.45, 7) is 5.24. The molecule has 1 fully saturated rings. The highest BCUT2D eigenvalue weighted by atomic mass is 32.2. The van der Waals surface area contributed by atoms with Gasteiger partial charge in [0.15, 0.2) is 0 Å². The second kappa shape index (κ2) is 8.33. The van der Waals surface area contributed by atoms with Crippen molar-refractivity contribution in [1.82, 2.24) is 9.88 Å². The minimum absolute atomic E-state index is 0.0572. The van der Waals surface area contributed by atoms with E-state index in [1.165, 1.54) is 11.8 Å². The van der Waals surface area contributed by atoms with Crippen LogP contribution in [0.4, 0.5) is 19.0 Å². The first-order valence-electron chi connectivity index (χ1n) is 7.55. The molecule has 0 aromatic carbocycles. The molecule has 1 saturated heterocycles. The third kappa shape index (κ3) is 6.12. The Balaban J connectivity index is 1.81. The SMILES string of the molecule is C[C@@H]1CN(C(=S)SCC(=O)Nc2ccc(C(F)(F)F)cn2)C[C@H](C)O1. The number of anilines is 1. The van der Waals surface area contributed by atoms with Gasteiger partial charge in [0.25, 0.3) is 0 Å². The number of pyridine rings is 1. The number of aromatic nitrogens is 1. The summed E-state index contributed by atoms with van der Waals surface area (Å²) in [5.41, 5.74) is -0.864. The number of morpholine rings is 1. The molecule has 0 bridgehead atoms. The van der Waals surface area contributed by atoms with E-state index in [0.717, 1.165) is 12.1 Å². The van der Waals surface area contributed by atoms with E-state index in [1.54, 1.807) is 0 Å². The number of nitrogens with zero attached hydrogens (tertiary/aromatic N) is 2. The molecule has 0 saturated carbocycles. The molecule has 2 atom stereocenters. The number of carbonyl (C=O) groups excluding carboxylic acids is 1. The molecule has 1 amide bonds. The number of amides is 1. The first-order valence-corrected chi connectivity index (χ1v) is 8.95. The molecule has 1 aliphatic heterocycles. The summed E-state index contributed by atoms with van der Waals surface area (Å²) in [6, 6.07) is 1.99. The van der Waals surface area contributed by atoms with Gasteiger partial charge in [-0.1, -0.05) is 24.0 Å². The Morgan fingerprint density at radius 1 is 1.40 bits per heavy atom. The van der Waals surface area contributed by atoms with E-state index in [9.17, 15) is 18.0 Å². The van der Waals surface area contributed by atoms with E-state index in [4.69, 9.17) is 17.0 Å². The maximum absolute atomic E-state index is 12.5. The number of thioether (sulfide) groups is 1. The maximum atomic E-state index is 12.5. The molecule has 5 nitrogen and oxygen atoms in total. The van der Waals surface area contributed by atoms with Crippen molar-refractivity contribution >= 4 is 40.0 Å². The van der Waals surface area contributed by atoms with Gasteiger partial charge < -0.3 is 15.0 Å². The van der Waals surface area contributed by atoms with Crippen LogP contribution in [0, 0.1) is 0 Å². The van der Waals surface area contributed by atoms with Crippen molar-refractivity contribution in [3.05, 3.63) is 23.9 Å². The molecule has 10 heteroatoms. The molecule has 1 N–H and O–H groups in total. The fourth-order valence-corrected chi connectivity index (χ4v) is 3.34. The van der Waals surface area contributed by atoms with Crippen molar-refractivity contribution in [2.24, 2.45) is 0 Å². The minimum Gasteiger partial charge on any atom is -0.372 e. The van der Waals surface area contributed by atoms with Crippen LogP contribution in [0.15, 0.2) is 18.3 Å². The van der Waals surface area contributed by atoms with E-state index in [2.05, 4.69) is 10.3 Å². The lowest BCUT2D eigenvalue weighted by Gasteiger charge is -2.36. The van der Waals surface area contributed by atoms with Gasteiger partial charge in [-0.15, -0.1) is 0 Å². The van der Waals surface area contributed by atoms with E-state index >= 15 is 0 Å². The number of carbonyl (C=O) groups is 1. The Kier molecular flexibility index (Phi) is 6.64. The third-order valence-electron chi connectivity index (χ3n) is 3.36. The summed E-state index contributed by atoms with van der Waals surface area (Å²) in [4.78, 5) is 17.5. The summed E-state index contributed by atoms with van der Waals surface area (Å²) < 4.78 is 43.6. The topological polar surface area (TPSA) is 54.5 Å². The van der Waals surface area contributed by atoms with Crippen molar-refractivity contribution < 1.29 is 22.7 Å². The molecule has 1 aromatic heterocycles. The van der Waals surface area contributed by atoms with Crippen molar-refractivity contribution in [3.8, 4) is 0 Å². The fourth-order valence-electron chi connectivity index (χ4n) is 2.36. The highest BCUT2D eigenvalue weighted by Gasteiger charge is 2.30. The van der Waals surface area contributed by atoms with Crippen LogP contribution in [0.1, 0.15) is 19.4 Å². The Bertz CT molecular complexity index is 615. The molecule has 2 heterocycles. The molecule has 0 aliphatic carbocycles. The van der Waals surface area contributed by atoms with Gasteiger partial charge in [0.05, 0.1) is 23.5 Å². The van der Waals surface area contributed by atoms with Crippen LogP contribution < -0.4 is 5.32 Å². The lowest BCUT2D eigenvalue weighted by atomic mass is 10.2. The van der Waals surface area contributed by atoms with Gasteiger partial charge in [0, 0.05) is 19.3 Å². The Labute approximate surface area is 153 Å². The Hall–Kier alpha value is -1.39. The molecular weight excluding hydrogens is 375 g/mol.